The van der Waals surface area contributed by atoms with Gasteiger partial charge in [0, 0.05) is 13.6 Å². The van der Waals surface area contributed by atoms with Crippen LogP contribution in [-0.2, 0) is 6.42 Å². The first kappa shape index (κ1) is 10.0. The summed E-state index contributed by atoms with van der Waals surface area (Å²) in [5.74, 6) is 0. The second-order valence-corrected chi connectivity index (χ2v) is 3.97. The van der Waals surface area contributed by atoms with Crippen molar-refractivity contribution in [2.75, 3.05) is 13.6 Å². The minimum Gasteiger partial charge on any atom is -0.377 e. The smallest absolute Gasteiger partial charge is 0.0359 e. The van der Waals surface area contributed by atoms with Gasteiger partial charge in [-0.05, 0) is 35.4 Å². The van der Waals surface area contributed by atoms with Gasteiger partial charge < -0.3 is 4.90 Å². The average molecular weight is 199 g/mol. The molecule has 1 aliphatic heterocycles. The molecule has 1 heterocycles. The van der Waals surface area contributed by atoms with Gasteiger partial charge in [0.1, 0.15) is 0 Å². The summed E-state index contributed by atoms with van der Waals surface area (Å²) >= 11 is 0. The number of nitrogens with zero attached hydrogens (tertiary/aromatic N) is 1. The summed E-state index contributed by atoms with van der Waals surface area (Å²) in [5.41, 5.74) is 4.07. The molecule has 0 atom stereocenters. The zero-order chi connectivity index (χ0) is 10.7. The molecule has 0 saturated heterocycles. The van der Waals surface area contributed by atoms with Gasteiger partial charge >= 0.3 is 0 Å². The summed E-state index contributed by atoms with van der Waals surface area (Å²) in [6.45, 7) is 3.19. The van der Waals surface area contributed by atoms with E-state index < -0.39 is 0 Å². The van der Waals surface area contributed by atoms with E-state index in [1.54, 1.807) is 0 Å². The van der Waals surface area contributed by atoms with Crippen LogP contribution in [0.2, 0.25) is 0 Å². The summed E-state index contributed by atoms with van der Waals surface area (Å²) in [5, 5.41) is 0. The standard InChI is InChI=1S/C14H17N/c1-3-12-5-4-6-14(11-12)13-7-9-15(2)10-8-13/h4-9,11H,3,10H2,1-2H3. The second-order valence-electron chi connectivity index (χ2n) is 3.97. The van der Waals surface area contributed by atoms with Gasteiger partial charge in [-0.3, -0.25) is 0 Å². The molecule has 0 bridgehead atoms. The lowest BCUT2D eigenvalue weighted by molar-refractivity contribution is 0.506. The first-order valence-corrected chi connectivity index (χ1v) is 5.47. The Balaban J connectivity index is 2.26. The maximum atomic E-state index is 2.28. The number of benzene rings is 1. The lowest BCUT2D eigenvalue weighted by atomic mass is 10.0. The predicted octanol–water partition coefficient (Wildman–Crippen LogP) is 3.09. The largest absolute Gasteiger partial charge is 0.377 e. The third kappa shape index (κ3) is 2.30. The van der Waals surface area contributed by atoms with E-state index in [0.717, 1.165) is 13.0 Å². The van der Waals surface area contributed by atoms with Crippen LogP contribution in [0.5, 0.6) is 0 Å². The minimum absolute atomic E-state index is 1.00. The van der Waals surface area contributed by atoms with Gasteiger partial charge in [-0.25, -0.2) is 0 Å². The fraction of sp³-hybridized carbons (Fsp3) is 0.286. The lowest BCUT2D eigenvalue weighted by Gasteiger charge is -2.17. The highest BCUT2D eigenvalue weighted by Crippen LogP contribution is 2.20. The third-order valence-electron chi connectivity index (χ3n) is 2.78. The van der Waals surface area contributed by atoms with Crippen molar-refractivity contribution in [1.82, 2.24) is 4.90 Å². The van der Waals surface area contributed by atoms with Crippen LogP contribution in [0.25, 0.3) is 5.57 Å². The number of likely N-dealkylation sites (N-methyl/N-ethyl adjacent to an activating group) is 1. The Bertz CT molecular complexity index is 402. The van der Waals surface area contributed by atoms with E-state index in [1.807, 2.05) is 0 Å². The molecular weight excluding hydrogens is 182 g/mol. The molecule has 0 N–H and O–H groups in total. The monoisotopic (exact) mass is 199 g/mol. The van der Waals surface area contributed by atoms with E-state index >= 15 is 0 Å². The maximum absolute atomic E-state index is 2.28. The van der Waals surface area contributed by atoms with Crippen LogP contribution in [0.3, 0.4) is 0 Å². The number of hydrogen-bond donors (Lipinski definition) is 0. The molecule has 0 amide bonds. The van der Waals surface area contributed by atoms with Crippen molar-refractivity contribution in [2.24, 2.45) is 0 Å². The topological polar surface area (TPSA) is 3.24 Å². The molecule has 1 aromatic carbocycles. The van der Waals surface area contributed by atoms with E-state index in [9.17, 15) is 0 Å². The van der Waals surface area contributed by atoms with Crippen molar-refractivity contribution in [3.05, 3.63) is 53.7 Å². The quantitative estimate of drug-likeness (QED) is 0.707. The van der Waals surface area contributed by atoms with Crippen LogP contribution in [0, 0.1) is 0 Å². The van der Waals surface area contributed by atoms with E-state index in [-0.39, 0.29) is 0 Å². The second kappa shape index (κ2) is 4.35. The number of aryl methyl sites for hydroxylation is 1. The Morgan fingerprint density at radius 2 is 2.20 bits per heavy atom. The van der Waals surface area contributed by atoms with Gasteiger partial charge in [-0.1, -0.05) is 37.3 Å². The molecule has 0 radical (unpaired) electrons. The van der Waals surface area contributed by atoms with Gasteiger partial charge in [0.05, 0.1) is 0 Å². The van der Waals surface area contributed by atoms with Crippen molar-refractivity contribution in [3.63, 3.8) is 0 Å². The van der Waals surface area contributed by atoms with E-state index in [2.05, 4.69) is 61.5 Å². The Morgan fingerprint density at radius 1 is 1.33 bits per heavy atom. The van der Waals surface area contributed by atoms with Gasteiger partial charge in [0.25, 0.3) is 0 Å². The van der Waals surface area contributed by atoms with E-state index in [4.69, 9.17) is 0 Å². The molecule has 78 valence electrons. The number of allylic oxidation sites excluding steroid dienone is 2. The van der Waals surface area contributed by atoms with Gasteiger partial charge in [-0.2, -0.15) is 0 Å². The SMILES string of the molecule is CCc1cccc(C2=CCN(C)C=C2)c1. The molecule has 0 saturated carbocycles. The molecule has 15 heavy (non-hydrogen) atoms. The van der Waals surface area contributed by atoms with E-state index in [1.165, 1.54) is 16.7 Å². The molecule has 1 aliphatic rings. The van der Waals surface area contributed by atoms with Gasteiger partial charge in [0.15, 0.2) is 0 Å². The van der Waals surface area contributed by atoms with Gasteiger partial charge in [-0.15, -0.1) is 0 Å². The first-order chi connectivity index (χ1) is 7.29. The van der Waals surface area contributed by atoms with Crippen LogP contribution < -0.4 is 0 Å². The zero-order valence-corrected chi connectivity index (χ0v) is 9.40. The molecule has 0 aliphatic carbocycles. The van der Waals surface area contributed by atoms with E-state index in [0.29, 0.717) is 0 Å². The van der Waals surface area contributed by atoms with Crippen molar-refractivity contribution in [2.45, 2.75) is 13.3 Å². The predicted molar refractivity (Wildman–Crippen MR) is 65.6 cm³/mol. The van der Waals surface area contributed by atoms with Crippen molar-refractivity contribution >= 4 is 5.57 Å². The Labute approximate surface area is 91.7 Å². The van der Waals surface area contributed by atoms with Crippen LogP contribution in [0.1, 0.15) is 18.1 Å². The van der Waals surface area contributed by atoms with Crippen LogP contribution in [-0.4, -0.2) is 18.5 Å². The fourth-order valence-corrected chi connectivity index (χ4v) is 1.76. The number of hydrogen-bond acceptors (Lipinski definition) is 1. The van der Waals surface area contributed by atoms with Gasteiger partial charge in [0.2, 0.25) is 0 Å². The highest BCUT2D eigenvalue weighted by Gasteiger charge is 2.03. The summed E-state index contributed by atoms with van der Waals surface area (Å²) in [6.07, 6.45) is 7.69. The molecule has 1 aromatic rings. The molecule has 1 nitrogen and oxygen atoms in total. The molecule has 0 spiro atoms. The number of rotatable bonds is 2. The Hall–Kier alpha value is -1.50. The molecule has 0 aromatic heterocycles. The molecular formula is C14H17N. The van der Waals surface area contributed by atoms with Crippen LogP contribution in [0.4, 0.5) is 0 Å². The fourth-order valence-electron chi connectivity index (χ4n) is 1.76. The summed E-state index contributed by atoms with van der Waals surface area (Å²) in [7, 11) is 2.09. The average Bonchev–Trinajstić information content (AvgIpc) is 2.30. The Kier molecular flexibility index (Phi) is 2.91. The van der Waals surface area contributed by atoms with Crippen LogP contribution >= 0.6 is 0 Å². The summed E-state index contributed by atoms with van der Waals surface area (Å²) in [6, 6.07) is 8.78. The van der Waals surface area contributed by atoms with Crippen molar-refractivity contribution < 1.29 is 0 Å². The zero-order valence-electron chi connectivity index (χ0n) is 9.40. The molecule has 0 fully saturated rings. The van der Waals surface area contributed by atoms with Crippen molar-refractivity contribution in [3.8, 4) is 0 Å². The van der Waals surface area contributed by atoms with Crippen molar-refractivity contribution in [1.29, 1.82) is 0 Å². The van der Waals surface area contributed by atoms with Crippen LogP contribution in [0.15, 0.2) is 42.6 Å². The normalized spacial score (nSPS) is 15.3. The summed E-state index contributed by atoms with van der Waals surface area (Å²) < 4.78 is 0. The Morgan fingerprint density at radius 3 is 2.87 bits per heavy atom. The lowest BCUT2D eigenvalue weighted by Crippen LogP contribution is -2.13. The molecule has 2 rings (SSSR count). The maximum Gasteiger partial charge on any atom is 0.0359 e. The minimum atomic E-state index is 1.00. The summed E-state index contributed by atoms with van der Waals surface area (Å²) in [4.78, 5) is 2.17. The highest BCUT2D eigenvalue weighted by atomic mass is 15.1. The first-order valence-electron chi connectivity index (χ1n) is 5.47. The molecule has 1 heteroatoms. The molecule has 0 unspecified atom stereocenters. The highest BCUT2D eigenvalue weighted by molar-refractivity contribution is 5.75. The third-order valence-corrected chi connectivity index (χ3v) is 2.78.